The number of amides is 1. The molecule has 0 saturated carbocycles. The average molecular weight is 343 g/mol. The van der Waals surface area contributed by atoms with Crippen LogP contribution in [0.4, 0.5) is 10.5 Å². The molecular formula is C10H14Cl3N5O2. The van der Waals surface area contributed by atoms with Gasteiger partial charge in [0.15, 0.2) is 0 Å². The van der Waals surface area contributed by atoms with Gasteiger partial charge in [-0.1, -0.05) is 34.8 Å². The molecule has 0 bridgehead atoms. The Hall–Kier alpha value is -0.890. The summed E-state index contributed by atoms with van der Waals surface area (Å²) in [6, 6.07) is -0.460. The molecule has 2 rings (SSSR count). The van der Waals surface area contributed by atoms with Gasteiger partial charge in [-0.25, -0.2) is 4.79 Å². The van der Waals surface area contributed by atoms with Crippen LogP contribution in [-0.2, 0) is 4.74 Å². The van der Waals surface area contributed by atoms with Crippen LogP contribution in [0.3, 0.4) is 0 Å². The van der Waals surface area contributed by atoms with E-state index in [9.17, 15) is 4.79 Å². The van der Waals surface area contributed by atoms with Gasteiger partial charge in [0.2, 0.25) is 3.79 Å². The molecule has 0 unspecified atom stereocenters. The predicted molar refractivity (Wildman–Crippen MR) is 77.3 cm³/mol. The number of alkyl carbamates (subject to hydrolysis) is 1. The number of rotatable bonds is 3. The number of nitrogens with two attached hydrogens (primary N) is 1. The zero-order valence-corrected chi connectivity index (χ0v) is 12.6. The van der Waals surface area contributed by atoms with Gasteiger partial charge in [0.1, 0.15) is 6.61 Å². The van der Waals surface area contributed by atoms with Crippen molar-refractivity contribution < 1.29 is 9.53 Å². The standard InChI is InChI=1S/C10H14Cl3N5O2/c11-10(12,13)5-20-9(19)17-8-4-18(3-7(8)14)6-1-15-16-2-6/h1-2,7-8H,3-5,14H2,(H,15,16)(H,17,19)/t7-,8+/m1/s1. The second kappa shape index (κ2) is 6.26. The van der Waals surface area contributed by atoms with Crippen LogP contribution >= 0.6 is 34.8 Å². The third kappa shape index (κ3) is 4.31. The van der Waals surface area contributed by atoms with Gasteiger partial charge >= 0.3 is 6.09 Å². The van der Waals surface area contributed by atoms with Crippen LogP contribution in [0.5, 0.6) is 0 Å². The van der Waals surface area contributed by atoms with Crippen LogP contribution in [-0.4, -0.2) is 51.9 Å². The molecule has 0 aromatic carbocycles. The molecule has 1 aliphatic heterocycles. The molecule has 1 aromatic rings. The van der Waals surface area contributed by atoms with Crippen LogP contribution in [0.25, 0.3) is 0 Å². The summed E-state index contributed by atoms with van der Waals surface area (Å²) >= 11 is 16.5. The van der Waals surface area contributed by atoms with E-state index in [1.54, 1.807) is 12.4 Å². The minimum absolute atomic E-state index is 0.217. The smallest absolute Gasteiger partial charge is 0.407 e. The Morgan fingerprint density at radius 3 is 2.95 bits per heavy atom. The molecular weight excluding hydrogens is 329 g/mol. The molecule has 0 spiro atoms. The minimum atomic E-state index is -1.63. The fraction of sp³-hybridized carbons (Fsp3) is 0.600. The molecule has 1 aromatic heterocycles. The first-order valence-corrected chi connectivity index (χ1v) is 6.98. The monoisotopic (exact) mass is 341 g/mol. The number of alkyl halides is 3. The van der Waals surface area contributed by atoms with E-state index >= 15 is 0 Å². The van der Waals surface area contributed by atoms with Crippen molar-refractivity contribution in [2.24, 2.45) is 5.73 Å². The van der Waals surface area contributed by atoms with E-state index in [1.807, 2.05) is 4.90 Å². The summed E-state index contributed by atoms with van der Waals surface area (Å²) in [5, 5.41) is 9.26. The molecule has 2 atom stereocenters. The largest absolute Gasteiger partial charge is 0.445 e. The lowest BCUT2D eigenvalue weighted by Gasteiger charge is -2.18. The number of halogens is 3. The van der Waals surface area contributed by atoms with E-state index in [2.05, 4.69) is 15.5 Å². The molecule has 0 aliphatic carbocycles. The molecule has 10 heteroatoms. The second-order valence-corrected chi connectivity index (χ2v) is 6.98. The summed E-state index contributed by atoms with van der Waals surface area (Å²) in [6.45, 7) is 0.843. The second-order valence-electron chi connectivity index (χ2n) is 4.47. The highest BCUT2D eigenvalue weighted by Gasteiger charge is 2.32. The highest BCUT2D eigenvalue weighted by molar-refractivity contribution is 6.67. The van der Waals surface area contributed by atoms with E-state index in [-0.39, 0.29) is 18.7 Å². The number of hydrogen-bond acceptors (Lipinski definition) is 5. The van der Waals surface area contributed by atoms with Crippen LogP contribution in [0.15, 0.2) is 12.4 Å². The maximum atomic E-state index is 11.6. The minimum Gasteiger partial charge on any atom is -0.445 e. The first kappa shape index (κ1) is 15.5. The normalized spacial score (nSPS) is 22.9. The topological polar surface area (TPSA) is 96.3 Å². The molecule has 1 fully saturated rings. The Kier molecular flexibility index (Phi) is 4.85. The number of H-pyrrole nitrogens is 1. The lowest BCUT2D eigenvalue weighted by molar-refractivity contribution is 0.144. The summed E-state index contributed by atoms with van der Waals surface area (Å²) in [7, 11) is 0. The summed E-state index contributed by atoms with van der Waals surface area (Å²) in [5.41, 5.74) is 6.90. The molecule has 1 saturated heterocycles. The number of carbonyl (C=O) groups excluding carboxylic acids is 1. The number of anilines is 1. The number of hydrogen-bond donors (Lipinski definition) is 3. The maximum Gasteiger partial charge on any atom is 0.407 e. The van der Waals surface area contributed by atoms with Gasteiger partial charge in [0.05, 0.1) is 17.9 Å². The summed E-state index contributed by atoms with van der Waals surface area (Å²) in [4.78, 5) is 13.6. The number of nitrogens with one attached hydrogen (secondary N) is 2. The molecule has 4 N–H and O–H groups in total. The lowest BCUT2D eigenvalue weighted by atomic mass is 10.2. The van der Waals surface area contributed by atoms with Crippen molar-refractivity contribution in [3.63, 3.8) is 0 Å². The zero-order chi connectivity index (χ0) is 14.8. The van der Waals surface area contributed by atoms with Gasteiger partial charge in [-0.05, 0) is 0 Å². The van der Waals surface area contributed by atoms with Gasteiger partial charge < -0.3 is 20.7 Å². The molecule has 20 heavy (non-hydrogen) atoms. The predicted octanol–water partition coefficient (Wildman–Crippen LogP) is 1.02. The van der Waals surface area contributed by atoms with E-state index in [0.717, 1.165) is 5.69 Å². The van der Waals surface area contributed by atoms with Gasteiger partial charge in [0, 0.05) is 25.3 Å². The Morgan fingerprint density at radius 2 is 2.35 bits per heavy atom. The fourth-order valence-corrected chi connectivity index (χ4v) is 2.11. The summed E-state index contributed by atoms with van der Waals surface area (Å²) < 4.78 is 3.18. The molecule has 1 amide bonds. The zero-order valence-electron chi connectivity index (χ0n) is 10.4. The van der Waals surface area contributed by atoms with Crippen LogP contribution in [0, 0.1) is 0 Å². The van der Waals surface area contributed by atoms with Crippen LogP contribution in [0.1, 0.15) is 0 Å². The van der Waals surface area contributed by atoms with E-state index in [0.29, 0.717) is 13.1 Å². The SMILES string of the molecule is N[C@@H]1CN(c2cn[nH]c2)C[C@@H]1NC(=O)OCC(Cl)(Cl)Cl. The molecule has 0 radical (unpaired) electrons. The summed E-state index contributed by atoms with van der Waals surface area (Å²) in [6.07, 6.45) is 2.79. The van der Waals surface area contributed by atoms with Gasteiger partial charge in [-0.2, -0.15) is 5.10 Å². The van der Waals surface area contributed by atoms with E-state index in [1.165, 1.54) is 0 Å². The number of ether oxygens (including phenoxy) is 1. The number of aromatic amines is 1. The summed E-state index contributed by atoms with van der Waals surface area (Å²) in [5.74, 6) is 0. The van der Waals surface area contributed by atoms with Crippen LogP contribution < -0.4 is 16.0 Å². The Labute approximate surface area is 130 Å². The third-order valence-corrected chi connectivity index (χ3v) is 3.21. The number of nitrogens with zero attached hydrogens (tertiary/aromatic N) is 2. The Balaban J connectivity index is 1.83. The van der Waals surface area contributed by atoms with Crippen molar-refractivity contribution in [1.29, 1.82) is 0 Å². The van der Waals surface area contributed by atoms with Crippen molar-refractivity contribution in [3.8, 4) is 0 Å². The third-order valence-electron chi connectivity index (χ3n) is 2.88. The van der Waals surface area contributed by atoms with E-state index < -0.39 is 9.89 Å². The lowest BCUT2D eigenvalue weighted by Crippen LogP contribution is -2.47. The maximum absolute atomic E-state index is 11.6. The Bertz CT molecular complexity index is 450. The van der Waals surface area contributed by atoms with Crippen molar-refractivity contribution in [2.75, 3.05) is 24.6 Å². The van der Waals surface area contributed by atoms with Gasteiger partial charge in [-0.3, -0.25) is 5.10 Å². The number of carbonyl (C=O) groups is 1. The highest BCUT2D eigenvalue weighted by atomic mass is 35.6. The number of aromatic nitrogens is 2. The van der Waals surface area contributed by atoms with Crippen LogP contribution in [0.2, 0.25) is 0 Å². The molecule has 7 nitrogen and oxygen atoms in total. The molecule has 1 aliphatic rings. The first-order chi connectivity index (χ1) is 9.35. The highest BCUT2D eigenvalue weighted by Crippen LogP contribution is 2.26. The molecule has 112 valence electrons. The van der Waals surface area contributed by atoms with Crippen molar-refractivity contribution >= 4 is 46.6 Å². The van der Waals surface area contributed by atoms with Gasteiger partial charge in [-0.15, -0.1) is 0 Å². The Morgan fingerprint density at radius 1 is 1.60 bits per heavy atom. The quantitative estimate of drug-likeness (QED) is 0.713. The molecule has 2 heterocycles. The van der Waals surface area contributed by atoms with Crippen molar-refractivity contribution in [1.82, 2.24) is 15.5 Å². The average Bonchev–Trinajstić information content (AvgIpc) is 2.96. The fourth-order valence-electron chi connectivity index (χ4n) is 1.95. The van der Waals surface area contributed by atoms with Crippen molar-refractivity contribution in [2.45, 2.75) is 15.9 Å². The van der Waals surface area contributed by atoms with E-state index in [4.69, 9.17) is 45.3 Å². The van der Waals surface area contributed by atoms with Crippen molar-refractivity contribution in [3.05, 3.63) is 12.4 Å². The van der Waals surface area contributed by atoms with Gasteiger partial charge in [0.25, 0.3) is 0 Å². The first-order valence-electron chi connectivity index (χ1n) is 5.84.